The Morgan fingerprint density at radius 1 is 1.00 bits per heavy atom. The summed E-state index contributed by atoms with van der Waals surface area (Å²) >= 11 is 1.56. The Labute approximate surface area is 170 Å². The number of benzene rings is 2. The summed E-state index contributed by atoms with van der Waals surface area (Å²) in [7, 11) is 2.00. The lowest BCUT2D eigenvalue weighted by Crippen LogP contribution is -1.91. The number of rotatable bonds is 5. The van der Waals surface area contributed by atoms with Gasteiger partial charge in [0.2, 0.25) is 5.89 Å². The van der Waals surface area contributed by atoms with Crippen molar-refractivity contribution in [1.82, 2.24) is 24.9 Å². The highest BCUT2D eigenvalue weighted by molar-refractivity contribution is 7.98. The van der Waals surface area contributed by atoms with E-state index in [2.05, 4.69) is 31.0 Å². The summed E-state index contributed by atoms with van der Waals surface area (Å²) in [6.45, 7) is 1.84. The molecule has 2 aromatic carbocycles. The maximum absolute atomic E-state index is 5.93. The van der Waals surface area contributed by atoms with E-state index in [9.17, 15) is 0 Å². The van der Waals surface area contributed by atoms with E-state index in [-0.39, 0.29) is 0 Å². The number of imidazole rings is 1. The fraction of sp³-hybridized carbons (Fsp3) is 0.143. The molecule has 0 spiro atoms. The Balaban J connectivity index is 1.40. The van der Waals surface area contributed by atoms with Crippen LogP contribution in [-0.2, 0) is 12.8 Å². The second-order valence-corrected chi connectivity index (χ2v) is 7.50. The van der Waals surface area contributed by atoms with Gasteiger partial charge in [-0.25, -0.2) is 4.98 Å². The van der Waals surface area contributed by atoms with Crippen LogP contribution in [0.2, 0.25) is 0 Å². The minimum absolute atomic E-state index is 0.406. The molecule has 144 valence electrons. The summed E-state index contributed by atoms with van der Waals surface area (Å²) in [5.74, 6) is 2.09. The molecule has 3 aromatic heterocycles. The first kappa shape index (κ1) is 17.7. The van der Waals surface area contributed by atoms with E-state index in [4.69, 9.17) is 8.94 Å². The SMILES string of the molecule is Cc1onc(-c2ccccc2)c1-c1nnc(CSc2nc3ccccc3n2C)o1. The van der Waals surface area contributed by atoms with Crippen LogP contribution in [0.25, 0.3) is 33.7 Å². The van der Waals surface area contributed by atoms with Crippen molar-refractivity contribution in [3.05, 3.63) is 66.2 Å². The van der Waals surface area contributed by atoms with Gasteiger partial charge in [-0.1, -0.05) is 59.4 Å². The topological polar surface area (TPSA) is 82.8 Å². The number of hydrogen-bond acceptors (Lipinski definition) is 7. The highest BCUT2D eigenvalue weighted by Crippen LogP contribution is 2.34. The summed E-state index contributed by atoms with van der Waals surface area (Å²) in [5, 5.41) is 13.5. The van der Waals surface area contributed by atoms with Crippen molar-refractivity contribution in [2.45, 2.75) is 17.8 Å². The lowest BCUT2D eigenvalue weighted by atomic mass is 10.1. The van der Waals surface area contributed by atoms with Gasteiger partial charge in [0.15, 0.2) is 5.16 Å². The highest BCUT2D eigenvalue weighted by atomic mass is 32.2. The number of fused-ring (bicyclic) bond motifs is 1. The van der Waals surface area contributed by atoms with E-state index < -0.39 is 0 Å². The van der Waals surface area contributed by atoms with Gasteiger partial charge in [0.05, 0.1) is 16.8 Å². The Morgan fingerprint density at radius 2 is 1.79 bits per heavy atom. The van der Waals surface area contributed by atoms with Crippen molar-refractivity contribution >= 4 is 22.8 Å². The van der Waals surface area contributed by atoms with Crippen LogP contribution >= 0.6 is 11.8 Å². The second kappa shape index (κ2) is 7.21. The smallest absolute Gasteiger partial charge is 0.253 e. The summed E-state index contributed by atoms with van der Waals surface area (Å²) in [4.78, 5) is 4.66. The zero-order chi connectivity index (χ0) is 19.8. The van der Waals surface area contributed by atoms with Gasteiger partial charge in [0, 0.05) is 12.6 Å². The van der Waals surface area contributed by atoms with Crippen molar-refractivity contribution < 1.29 is 8.94 Å². The lowest BCUT2D eigenvalue weighted by molar-refractivity contribution is 0.399. The van der Waals surface area contributed by atoms with Crippen molar-refractivity contribution in [2.24, 2.45) is 7.05 Å². The van der Waals surface area contributed by atoms with Crippen LogP contribution in [0.4, 0.5) is 0 Å². The van der Waals surface area contributed by atoms with Crippen LogP contribution in [0.5, 0.6) is 0 Å². The van der Waals surface area contributed by atoms with Gasteiger partial charge >= 0.3 is 0 Å². The number of nitrogens with zero attached hydrogens (tertiary/aromatic N) is 5. The maximum Gasteiger partial charge on any atom is 0.253 e. The molecule has 7 nitrogen and oxygen atoms in total. The first-order valence-electron chi connectivity index (χ1n) is 9.09. The molecule has 5 aromatic rings. The molecule has 0 aliphatic carbocycles. The molecule has 0 atom stereocenters. The summed E-state index contributed by atoms with van der Waals surface area (Å²) in [5.41, 5.74) is 4.42. The monoisotopic (exact) mass is 403 g/mol. The van der Waals surface area contributed by atoms with Crippen LogP contribution < -0.4 is 0 Å². The molecule has 29 heavy (non-hydrogen) atoms. The Kier molecular flexibility index (Phi) is 4.40. The van der Waals surface area contributed by atoms with Gasteiger partial charge in [-0.3, -0.25) is 0 Å². The molecule has 3 heterocycles. The second-order valence-electron chi connectivity index (χ2n) is 6.56. The average molecular weight is 403 g/mol. The zero-order valence-corrected chi connectivity index (χ0v) is 16.7. The molecule has 0 aliphatic rings. The van der Waals surface area contributed by atoms with Crippen LogP contribution in [0, 0.1) is 6.92 Å². The third-order valence-electron chi connectivity index (χ3n) is 4.66. The van der Waals surface area contributed by atoms with Crippen molar-refractivity contribution in [3.8, 4) is 22.7 Å². The molecule has 0 radical (unpaired) electrons. The number of aromatic nitrogens is 5. The average Bonchev–Trinajstić information content (AvgIpc) is 3.45. The number of hydrogen-bond donors (Lipinski definition) is 0. The van der Waals surface area contributed by atoms with Gasteiger partial charge in [0.1, 0.15) is 17.0 Å². The number of para-hydroxylation sites is 2. The fourth-order valence-corrected chi connectivity index (χ4v) is 4.03. The van der Waals surface area contributed by atoms with Crippen molar-refractivity contribution in [3.63, 3.8) is 0 Å². The van der Waals surface area contributed by atoms with Gasteiger partial charge in [-0.05, 0) is 19.1 Å². The minimum Gasteiger partial charge on any atom is -0.420 e. The standard InChI is InChI=1S/C21H17N5O2S/c1-13-18(19(25-28-13)14-8-4-3-5-9-14)20-24-23-17(27-20)12-29-21-22-15-10-6-7-11-16(15)26(21)2/h3-11H,12H2,1-2H3. The molecule has 0 bridgehead atoms. The van der Waals surface area contributed by atoms with Crippen LogP contribution in [0.15, 0.2) is 68.7 Å². The predicted molar refractivity (Wildman–Crippen MR) is 110 cm³/mol. The van der Waals surface area contributed by atoms with E-state index in [1.165, 1.54) is 0 Å². The molecule has 0 aliphatic heterocycles. The fourth-order valence-electron chi connectivity index (χ4n) is 3.21. The van der Waals surface area contributed by atoms with E-state index in [1.54, 1.807) is 11.8 Å². The van der Waals surface area contributed by atoms with E-state index >= 15 is 0 Å². The summed E-state index contributed by atoms with van der Waals surface area (Å²) in [6, 6.07) is 17.9. The number of aryl methyl sites for hydroxylation is 2. The molecule has 0 amide bonds. The molecule has 0 saturated carbocycles. The third-order valence-corrected chi connectivity index (χ3v) is 5.68. The van der Waals surface area contributed by atoms with Crippen LogP contribution in [0.1, 0.15) is 11.7 Å². The lowest BCUT2D eigenvalue weighted by Gasteiger charge is -2.00. The summed E-state index contributed by atoms with van der Waals surface area (Å²) < 4.78 is 13.4. The Morgan fingerprint density at radius 3 is 2.62 bits per heavy atom. The molecule has 5 rings (SSSR count). The van der Waals surface area contributed by atoms with E-state index in [0.717, 1.165) is 27.3 Å². The Hall–Kier alpha value is -3.39. The molecular formula is C21H17N5O2S. The largest absolute Gasteiger partial charge is 0.420 e. The Bertz CT molecular complexity index is 1290. The molecule has 8 heteroatoms. The first-order chi connectivity index (χ1) is 14.2. The van der Waals surface area contributed by atoms with Gasteiger partial charge in [-0.15, -0.1) is 10.2 Å². The van der Waals surface area contributed by atoms with E-state index in [0.29, 0.717) is 29.0 Å². The predicted octanol–water partition coefficient (Wildman–Crippen LogP) is 4.88. The van der Waals surface area contributed by atoms with Crippen LogP contribution in [-0.4, -0.2) is 24.9 Å². The van der Waals surface area contributed by atoms with Gasteiger partial charge in [0.25, 0.3) is 5.89 Å². The molecule has 0 N–H and O–H groups in total. The number of thioether (sulfide) groups is 1. The first-order valence-corrected chi connectivity index (χ1v) is 10.1. The van der Waals surface area contributed by atoms with E-state index in [1.807, 2.05) is 62.5 Å². The molecular weight excluding hydrogens is 386 g/mol. The van der Waals surface area contributed by atoms with Crippen molar-refractivity contribution in [1.29, 1.82) is 0 Å². The highest BCUT2D eigenvalue weighted by Gasteiger charge is 2.22. The molecule has 0 fully saturated rings. The van der Waals surface area contributed by atoms with Crippen molar-refractivity contribution in [2.75, 3.05) is 0 Å². The van der Waals surface area contributed by atoms with Gasteiger partial charge in [-0.2, -0.15) is 0 Å². The zero-order valence-electron chi connectivity index (χ0n) is 15.9. The molecule has 0 saturated heterocycles. The van der Waals surface area contributed by atoms with Crippen LogP contribution in [0.3, 0.4) is 0 Å². The normalized spacial score (nSPS) is 11.4. The molecule has 0 unspecified atom stereocenters. The maximum atomic E-state index is 5.93. The quantitative estimate of drug-likeness (QED) is 0.387. The van der Waals surface area contributed by atoms with Gasteiger partial charge < -0.3 is 13.5 Å². The summed E-state index contributed by atoms with van der Waals surface area (Å²) in [6.07, 6.45) is 0. The minimum atomic E-state index is 0.406. The third kappa shape index (κ3) is 3.21.